The van der Waals surface area contributed by atoms with Gasteiger partial charge >= 0.3 is 5.97 Å². The van der Waals surface area contributed by atoms with Crippen molar-refractivity contribution in [3.63, 3.8) is 0 Å². The largest absolute Gasteiger partial charge is 0.460 e. The zero-order valence-electron chi connectivity index (χ0n) is 8.21. The Morgan fingerprint density at radius 1 is 1.69 bits per heavy atom. The van der Waals surface area contributed by atoms with E-state index in [2.05, 4.69) is 0 Å². The summed E-state index contributed by atoms with van der Waals surface area (Å²) in [4.78, 5) is 11.1. The van der Waals surface area contributed by atoms with Crippen LogP contribution in [0.4, 0.5) is 0 Å². The highest BCUT2D eigenvalue weighted by Gasteiger charge is 2.36. The molecular weight excluding hydrogens is 168 g/mol. The lowest BCUT2D eigenvalue weighted by Crippen LogP contribution is -2.39. The van der Waals surface area contributed by atoms with Crippen LogP contribution in [0.3, 0.4) is 0 Å². The first-order chi connectivity index (χ1) is 6.22. The first-order valence-electron chi connectivity index (χ1n) is 4.73. The third-order valence-electron chi connectivity index (χ3n) is 2.20. The Morgan fingerprint density at radius 3 is 3.00 bits per heavy atom. The standard InChI is InChI=1S/C10H16O3/c1-3-8-12-10(4-2)7-5-6-9(11)13-10/h3,8H,4-7H2,1-2H3. The van der Waals surface area contributed by atoms with Gasteiger partial charge in [0.2, 0.25) is 0 Å². The number of esters is 1. The first kappa shape index (κ1) is 10.1. The van der Waals surface area contributed by atoms with Gasteiger partial charge in [-0.05, 0) is 13.3 Å². The monoisotopic (exact) mass is 184 g/mol. The Labute approximate surface area is 78.7 Å². The van der Waals surface area contributed by atoms with Gasteiger partial charge in [0.05, 0.1) is 6.26 Å². The van der Waals surface area contributed by atoms with E-state index in [9.17, 15) is 4.79 Å². The molecule has 0 aromatic rings. The lowest BCUT2D eigenvalue weighted by molar-refractivity contribution is -0.226. The van der Waals surface area contributed by atoms with E-state index in [0.29, 0.717) is 12.8 Å². The number of hydrogen-bond acceptors (Lipinski definition) is 3. The van der Waals surface area contributed by atoms with Gasteiger partial charge in [-0.2, -0.15) is 0 Å². The third kappa shape index (κ3) is 2.47. The molecule has 3 nitrogen and oxygen atoms in total. The Kier molecular flexibility index (Phi) is 3.34. The highest BCUT2D eigenvalue weighted by atomic mass is 16.7. The van der Waals surface area contributed by atoms with Crippen LogP contribution in [0.1, 0.15) is 39.5 Å². The minimum atomic E-state index is -0.693. The van der Waals surface area contributed by atoms with E-state index in [1.807, 2.05) is 13.8 Å². The topological polar surface area (TPSA) is 35.5 Å². The van der Waals surface area contributed by atoms with Crippen molar-refractivity contribution in [1.29, 1.82) is 0 Å². The Morgan fingerprint density at radius 2 is 2.46 bits per heavy atom. The lowest BCUT2D eigenvalue weighted by Gasteiger charge is -2.34. The summed E-state index contributed by atoms with van der Waals surface area (Å²) in [6, 6.07) is 0. The number of ether oxygens (including phenoxy) is 2. The summed E-state index contributed by atoms with van der Waals surface area (Å²) in [5.74, 6) is -0.848. The van der Waals surface area contributed by atoms with Crippen LogP contribution in [0.2, 0.25) is 0 Å². The van der Waals surface area contributed by atoms with Crippen LogP contribution in [0.5, 0.6) is 0 Å². The quantitative estimate of drug-likeness (QED) is 0.499. The molecule has 0 amide bonds. The van der Waals surface area contributed by atoms with Crippen LogP contribution < -0.4 is 0 Å². The van der Waals surface area contributed by atoms with E-state index < -0.39 is 5.79 Å². The summed E-state index contributed by atoms with van der Waals surface area (Å²) < 4.78 is 10.6. The van der Waals surface area contributed by atoms with Crippen molar-refractivity contribution in [2.75, 3.05) is 0 Å². The Bertz CT molecular complexity index is 210. The van der Waals surface area contributed by atoms with Crippen LogP contribution in [0, 0.1) is 0 Å². The van der Waals surface area contributed by atoms with Crippen molar-refractivity contribution in [2.45, 2.75) is 45.3 Å². The van der Waals surface area contributed by atoms with Crippen LogP contribution >= 0.6 is 0 Å². The van der Waals surface area contributed by atoms with E-state index in [-0.39, 0.29) is 5.97 Å². The molecule has 0 saturated carbocycles. The second-order valence-electron chi connectivity index (χ2n) is 3.18. The van der Waals surface area contributed by atoms with E-state index >= 15 is 0 Å². The molecule has 13 heavy (non-hydrogen) atoms. The summed E-state index contributed by atoms with van der Waals surface area (Å²) in [7, 11) is 0. The van der Waals surface area contributed by atoms with Crippen molar-refractivity contribution in [3.8, 4) is 0 Å². The van der Waals surface area contributed by atoms with Crippen LogP contribution in [-0.4, -0.2) is 11.8 Å². The summed E-state index contributed by atoms with van der Waals surface area (Å²) in [5.41, 5.74) is 0. The minimum Gasteiger partial charge on any atom is -0.460 e. The number of cyclic esters (lactones) is 1. The van der Waals surface area contributed by atoms with Gasteiger partial charge in [-0.15, -0.1) is 0 Å². The van der Waals surface area contributed by atoms with Crippen molar-refractivity contribution in [1.82, 2.24) is 0 Å². The second-order valence-corrected chi connectivity index (χ2v) is 3.18. The second kappa shape index (κ2) is 4.30. The van der Waals surface area contributed by atoms with Crippen molar-refractivity contribution >= 4 is 5.97 Å². The van der Waals surface area contributed by atoms with Crippen molar-refractivity contribution < 1.29 is 14.3 Å². The maximum absolute atomic E-state index is 11.1. The molecule has 0 N–H and O–H groups in total. The normalized spacial score (nSPS) is 28.9. The average molecular weight is 184 g/mol. The fourth-order valence-corrected chi connectivity index (χ4v) is 1.42. The summed E-state index contributed by atoms with van der Waals surface area (Å²) in [5, 5.41) is 0. The molecule has 0 bridgehead atoms. The molecule has 1 heterocycles. The molecule has 1 aliphatic heterocycles. The predicted octanol–water partition coefficient (Wildman–Crippen LogP) is 2.37. The number of hydrogen-bond donors (Lipinski definition) is 0. The van der Waals surface area contributed by atoms with Crippen molar-refractivity contribution in [3.05, 3.63) is 12.3 Å². The minimum absolute atomic E-state index is 0.155. The molecule has 74 valence electrons. The van der Waals surface area contributed by atoms with Gasteiger partial charge in [-0.25, -0.2) is 0 Å². The summed E-state index contributed by atoms with van der Waals surface area (Å²) in [6.45, 7) is 3.83. The van der Waals surface area contributed by atoms with E-state index in [4.69, 9.17) is 9.47 Å². The smallest absolute Gasteiger partial charge is 0.309 e. The molecule has 1 fully saturated rings. The molecule has 0 aromatic carbocycles. The van der Waals surface area contributed by atoms with E-state index in [0.717, 1.165) is 12.8 Å². The molecular formula is C10H16O3. The fraction of sp³-hybridized carbons (Fsp3) is 0.700. The zero-order valence-corrected chi connectivity index (χ0v) is 8.21. The van der Waals surface area contributed by atoms with Gasteiger partial charge in [0.1, 0.15) is 0 Å². The number of carbonyl (C=O) groups is 1. The Balaban J connectivity index is 2.61. The fourth-order valence-electron chi connectivity index (χ4n) is 1.42. The molecule has 1 rings (SSSR count). The van der Waals surface area contributed by atoms with Crippen LogP contribution in [-0.2, 0) is 14.3 Å². The van der Waals surface area contributed by atoms with E-state index in [1.165, 1.54) is 0 Å². The van der Waals surface area contributed by atoms with Gasteiger partial charge < -0.3 is 9.47 Å². The highest BCUT2D eigenvalue weighted by molar-refractivity contribution is 5.70. The molecule has 0 radical (unpaired) electrons. The zero-order chi connectivity index (χ0) is 9.73. The van der Waals surface area contributed by atoms with Gasteiger partial charge in [0.15, 0.2) is 0 Å². The SMILES string of the molecule is CC=COC1(CC)CCCC(=O)O1. The molecule has 1 unspecified atom stereocenters. The maximum atomic E-state index is 11.1. The first-order valence-corrected chi connectivity index (χ1v) is 4.73. The molecule has 1 atom stereocenters. The van der Waals surface area contributed by atoms with Gasteiger partial charge in [-0.1, -0.05) is 13.0 Å². The molecule has 0 aliphatic carbocycles. The average Bonchev–Trinajstić information content (AvgIpc) is 2.15. The summed E-state index contributed by atoms with van der Waals surface area (Å²) in [6.07, 6.45) is 6.23. The van der Waals surface area contributed by atoms with E-state index in [1.54, 1.807) is 12.3 Å². The van der Waals surface area contributed by atoms with Crippen LogP contribution in [0.15, 0.2) is 12.3 Å². The third-order valence-corrected chi connectivity index (χ3v) is 2.20. The molecule has 3 heteroatoms. The molecule has 1 saturated heterocycles. The molecule has 1 aliphatic rings. The van der Waals surface area contributed by atoms with Gasteiger partial charge in [-0.3, -0.25) is 4.79 Å². The lowest BCUT2D eigenvalue weighted by atomic mass is 10.0. The van der Waals surface area contributed by atoms with Gasteiger partial charge in [0.25, 0.3) is 5.79 Å². The summed E-state index contributed by atoms with van der Waals surface area (Å²) >= 11 is 0. The molecule has 0 spiro atoms. The Hall–Kier alpha value is -0.990. The predicted molar refractivity (Wildman–Crippen MR) is 48.9 cm³/mol. The number of carbonyl (C=O) groups excluding carboxylic acids is 1. The number of allylic oxidation sites excluding steroid dienone is 1. The highest BCUT2D eigenvalue weighted by Crippen LogP contribution is 2.30. The van der Waals surface area contributed by atoms with Gasteiger partial charge in [0, 0.05) is 19.3 Å². The maximum Gasteiger partial charge on any atom is 0.309 e. The number of rotatable bonds is 3. The van der Waals surface area contributed by atoms with Crippen molar-refractivity contribution in [2.24, 2.45) is 0 Å². The molecule has 0 aromatic heterocycles. The van der Waals surface area contributed by atoms with Crippen LogP contribution in [0.25, 0.3) is 0 Å².